The number of hydrogen-bond acceptors (Lipinski definition) is 5. The molecule has 0 fully saturated rings. The van der Waals surface area contributed by atoms with Crippen molar-refractivity contribution >= 4 is 29.1 Å². The molecule has 7 heteroatoms. The standard InChI is InChI=1S/C29H25N3O3S/c1-18(2)16-32-28(34)23-12-11-21(14-24(23)29(32)35)26(33)30-15-19-7-6-10-22(13-19)27-31-25(17-36-27)20-8-4-3-5-9-20/h3-14,17-18H,15-16H2,1-2H3,(H,30,33). The van der Waals surface area contributed by atoms with Gasteiger partial charge in [-0.15, -0.1) is 11.3 Å². The van der Waals surface area contributed by atoms with Crippen LogP contribution in [0.1, 0.15) is 50.5 Å². The second-order valence-corrected chi connectivity index (χ2v) is 10.0. The number of rotatable bonds is 7. The summed E-state index contributed by atoms with van der Waals surface area (Å²) in [5, 5.41) is 5.87. The van der Waals surface area contributed by atoms with Gasteiger partial charge in [-0.1, -0.05) is 62.4 Å². The van der Waals surface area contributed by atoms with Crippen molar-refractivity contribution in [2.45, 2.75) is 20.4 Å². The Bertz CT molecular complexity index is 1460. The Balaban J connectivity index is 1.28. The van der Waals surface area contributed by atoms with Crippen LogP contribution in [0.15, 0.2) is 78.2 Å². The maximum atomic E-state index is 12.8. The molecule has 1 N–H and O–H groups in total. The van der Waals surface area contributed by atoms with E-state index in [0.29, 0.717) is 24.2 Å². The summed E-state index contributed by atoms with van der Waals surface area (Å²) in [6.07, 6.45) is 0. The smallest absolute Gasteiger partial charge is 0.261 e. The number of fused-ring (bicyclic) bond motifs is 1. The summed E-state index contributed by atoms with van der Waals surface area (Å²) in [7, 11) is 0. The third kappa shape index (κ3) is 4.70. The lowest BCUT2D eigenvalue weighted by Gasteiger charge is -2.15. The van der Waals surface area contributed by atoms with E-state index in [1.165, 1.54) is 11.0 Å². The second kappa shape index (κ2) is 9.87. The Morgan fingerprint density at radius 3 is 2.44 bits per heavy atom. The Morgan fingerprint density at radius 2 is 1.67 bits per heavy atom. The average Bonchev–Trinajstić information content (AvgIpc) is 3.48. The molecule has 2 heterocycles. The van der Waals surface area contributed by atoms with Crippen LogP contribution in [-0.2, 0) is 6.54 Å². The van der Waals surface area contributed by atoms with E-state index in [4.69, 9.17) is 4.98 Å². The van der Waals surface area contributed by atoms with Crippen LogP contribution in [0.3, 0.4) is 0 Å². The number of hydrogen-bond donors (Lipinski definition) is 1. The highest BCUT2D eigenvalue weighted by atomic mass is 32.1. The van der Waals surface area contributed by atoms with Crippen molar-refractivity contribution < 1.29 is 14.4 Å². The maximum absolute atomic E-state index is 12.8. The first-order valence-corrected chi connectivity index (χ1v) is 12.7. The molecule has 0 spiro atoms. The fourth-order valence-electron chi connectivity index (χ4n) is 4.21. The van der Waals surface area contributed by atoms with Crippen LogP contribution in [-0.4, -0.2) is 34.2 Å². The number of nitrogens with one attached hydrogen (secondary N) is 1. The number of nitrogens with zero attached hydrogens (tertiary/aromatic N) is 2. The summed E-state index contributed by atoms with van der Waals surface area (Å²) in [5.41, 5.74) is 4.92. The number of thiazole rings is 1. The number of aromatic nitrogens is 1. The summed E-state index contributed by atoms with van der Waals surface area (Å²) in [4.78, 5) is 44.2. The van der Waals surface area contributed by atoms with E-state index in [1.54, 1.807) is 23.5 Å². The fourth-order valence-corrected chi connectivity index (χ4v) is 5.04. The lowest BCUT2D eigenvalue weighted by Crippen LogP contribution is -2.33. The minimum atomic E-state index is -0.343. The lowest BCUT2D eigenvalue weighted by atomic mass is 10.1. The monoisotopic (exact) mass is 495 g/mol. The van der Waals surface area contributed by atoms with Crippen LogP contribution in [0.2, 0.25) is 0 Å². The molecule has 3 aromatic carbocycles. The molecule has 5 rings (SSSR count). The topological polar surface area (TPSA) is 79.4 Å². The van der Waals surface area contributed by atoms with Crippen LogP contribution >= 0.6 is 11.3 Å². The van der Waals surface area contributed by atoms with Gasteiger partial charge in [0, 0.05) is 35.2 Å². The largest absolute Gasteiger partial charge is 0.348 e. The molecule has 1 aliphatic heterocycles. The van der Waals surface area contributed by atoms with Gasteiger partial charge in [-0.25, -0.2) is 4.98 Å². The minimum Gasteiger partial charge on any atom is -0.348 e. The lowest BCUT2D eigenvalue weighted by molar-refractivity contribution is 0.0636. The van der Waals surface area contributed by atoms with E-state index in [-0.39, 0.29) is 29.2 Å². The van der Waals surface area contributed by atoms with Gasteiger partial charge in [0.25, 0.3) is 17.7 Å². The van der Waals surface area contributed by atoms with E-state index in [9.17, 15) is 14.4 Å². The van der Waals surface area contributed by atoms with E-state index in [2.05, 4.69) is 5.32 Å². The van der Waals surface area contributed by atoms with E-state index >= 15 is 0 Å². The van der Waals surface area contributed by atoms with Gasteiger partial charge in [-0.2, -0.15) is 0 Å². The highest BCUT2D eigenvalue weighted by Crippen LogP contribution is 2.29. The summed E-state index contributed by atoms with van der Waals surface area (Å²) >= 11 is 1.58. The van der Waals surface area contributed by atoms with E-state index in [0.717, 1.165) is 27.4 Å². The van der Waals surface area contributed by atoms with Crippen molar-refractivity contribution in [1.29, 1.82) is 0 Å². The molecule has 0 atom stereocenters. The number of carbonyl (C=O) groups is 3. The van der Waals surface area contributed by atoms with E-state index < -0.39 is 0 Å². The second-order valence-electron chi connectivity index (χ2n) is 9.16. The van der Waals surface area contributed by atoms with Crippen molar-refractivity contribution in [3.8, 4) is 21.8 Å². The number of carbonyl (C=O) groups excluding carboxylic acids is 3. The molecule has 1 aliphatic rings. The molecule has 0 unspecified atom stereocenters. The summed E-state index contributed by atoms with van der Waals surface area (Å²) in [5.74, 6) is -0.777. The minimum absolute atomic E-state index is 0.167. The quantitative estimate of drug-likeness (QED) is 0.336. The molecular formula is C29H25N3O3S. The van der Waals surface area contributed by atoms with Crippen LogP contribution < -0.4 is 5.32 Å². The van der Waals surface area contributed by atoms with Gasteiger partial charge in [0.1, 0.15) is 5.01 Å². The number of benzene rings is 3. The molecule has 6 nitrogen and oxygen atoms in total. The predicted molar refractivity (Wildman–Crippen MR) is 141 cm³/mol. The molecule has 0 bridgehead atoms. The summed E-state index contributed by atoms with van der Waals surface area (Å²) in [6.45, 7) is 4.59. The van der Waals surface area contributed by atoms with Gasteiger partial charge in [0.05, 0.1) is 16.8 Å². The molecule has 1 aromatic heterocycles. The molecule has 180 valence electrons. The van der Waals surface area contributed by atoms with Gasteiger partial charge in [0.15, 0.2) is 0 Å². The van der Waals surface area contributed by atoms with E-state index in [1.807, 2.05) is 73.8 Å². The molecule has 0 saturated heterocycles. The predicted octanol–water partition coefficient (Wildman–Crippen LogP) is 5.66. The molecule has 4 aromatic rings. The number of amides is 3. The normalized spacial score (nSPS) is 12.8. The average molecular weight is 496 g/mol. The SMILES string of the molecule is CC(C)CN1C(=O)c2ccc(C(=O)NCc3cccc(-c4nc(-c5ccccc5)cs4)c3)cc2C1=O. The molecular weight excluding hydrogens is 470 g/mol. The zero-order chi connectivity index (χ0) is 25.2. The molecule has 0 aliphatic carbocycles. The zero-order valence-corrected chi connectivity index (χ0v) is 20.8. The molecule has 0 saturated carbocycles. The molecule has 3 amide bonds. The maximum Gasteiger partial charge on any atom is 0.261 e. The first-order valence-electron chi connectivity index (χ1n) is 11.8. The van der Waals surface area contributed by atoms with Crippen LogP contribution in [0, 0.1) is 5.92 Å². The zero-order valence-electron chi connectivity index (χ0n) is 20.0. The van der Waals surface area contributed by atoms with Crippen molar-refractivity contribution in [2.75, 3.05) is 6.54 Å². The van der Waals surface area contributed by atoms with Gasteiger partial charge in [-0.05, 0) is 35.7 Å². The summed E-state index contributed by atoms with van der Waals surface area (Å²) in [6, 6.07) is 22.6. The van der Waals surface area contributed by atoms with Gasteiger partial charge in [-0.3, -0.25) is 19.3 Å². The molecule has 36 heavy (non-hydrogen) atoms. The highest BCUT2D eigenvalue weighted by molar-refractivity contribution is 7.13. The van der Waals surface area contributed by atoms with Crippen LogP contribution in [0.25, 0.3) is 21.8 Å². The Hall–Kier alpha value is -4.10. The van der Waals surface area contributed by atoms with Crippen LogP contribution in [0.5, 0.6) is 0 Å². The van der Waals surface area contributed by atoms with Crippen molar-refractivity contribution in [3.63, 3.8) is 0 Å². The van der Waals surface area contributed by atoms with Crippen molar-refractivity contribution in [2.24, 2.45) is 5.92 Å². The van der Waals surface area contributed by atoms with Crippen molar-refractivity contribution in [1.82, 2.24) is 15.2 Å². The van der Waals surface area contributed by atoms with Gasteiger partial charge >= 0.3 is 0 Å². The van der Waals surface area contributed by atoms with Crippen LogP contribution in [0.4, 0.5) is 0 Å². The fraction of sp³-hybridized carbons (Fsp3) is 0.172. The van der Waals surface area contributed by atoms with Crippen molar-refractivity contribution in [3.05, 3.63) is 100 Å². The Morgan fingerprint density at radius 1 is 0.917 bits per heavy atom. The highest BCUT2D eigenvalue weighted by Gasteiger charge is 2.36. The third-order valence-corrected chi connectivity index (χ3v) is 6.87. The Labute approximate surface area is 213 Å². The first kappa shape index (κ1) is 23.6. The van der Waals surface area contributed by atoms with Gasteiger partial charge < -0.3 is 5.32 Å². The number of imide groups is 1. The Kier molecular flexibility index (Phi) is 6.48. The summed E-state index contributed by atoms with van der Waals surface area (Å²) < 4.78 is 0. The molecule has 0 radical (unpaired) electrons. The van der Waals surface area contributed by atoms with Gasteiger partial charge in [0.2, 0.25) is 0 Å². The third-order valence-electron chi connectivity index (χ3n) is 5.98. The first-order chi connectivity index (χ1) is 17.4.